The standard InChI is InChI=1S/C11H11IO2/c1-2-3-10(11(13)14)8-4-6-9(12)7-5-8/h2,4-7,10H,1,3H2,(H,13,14). The van der Waals surface area contributed by atoms with Crippen LogP contribution in [0.2, 0.25) is 0 Å². The second-order valence-electron chi connectivity index (χ2n) is 2.97. The molecular weight excluding hydrogens is 291 g/mol. The first-order valence-electron chi connectivity index (χ1n) is 4.24. The average molecular weight is 302 g/mol. The summed E-state index contributed by atoms with van der Waals surface area (Å²) < 4.78 is 1.11. The zero-order chi connectivity index (χ0) is 10.6. The number of aliphatic carboxylic acids is 1. The highest BCUT2D eigenvalue weighted by Gasteiger charge is 2.17. The van der Waals surface area contributed by atoms with E-state index in [9.17, 15) is 4.79 Å². The molecule has 0 bridgehead atoms. The number of allylic oxidation sites excluding steroid dienone is 1. The highest BCUT2D eigenvalue weighted by molar-refractivity contribution is 14.1. The van der Waals surface area contributed by atoms with Crippen LogP contribution in [-0.4, -0.2) is 11.1 Å². The highest BCUT2D eigenvalue weighted by Crippen LogP contribution is 2.21. The molecule has 3 heteroatoms. The van der Waals surface area contributed by atoms with E-state index in [1.165, 1.54) is 0 Å². The van der Waals surface area contributed by atoms with Crippen molar-refractivity contribution in [1.82, 2.24) is 0 Å². The lowest BCUT2D eigenvalue weighted by Crippen LogP contribution is -2.10. The van der Waals surface area contributed by atoms with Crippen LogP contribution < -0.4 is 0 Å². The number of hydrogen-bond acceptors (Lipinski definition) is 1. The first kappa shape index (κ1) is 11.2. The smallest absolute Gasteiger partial charge is 0.311 e. The van der Waals surface area contributed by atoms with Crippen LogP contribution in [0.25, 0.3) is 0 Å². The quantitative estimate of drug-likeness (QED) is 0.685. The van der Waals surface area contributed by atoms with E-state index < -0.39 is 11.9 Å². The Morgan fingerprint density at radius 2 is 2.07 bits per heavy atom. The van der Waals surface area contributed by atoms with Gasteiger partial charge in [0.2, 0.25) is 0 Å². The van der Waals surface area contributed by atoms with Crippen molar-refractivity contribution in [3.05, 3.63) is 46.1 Å². The van der Waals surface area contributed by atoms with Gasteiger partial charge in [-0.1, -0.05) is 18.2 Å². The summed E-state index contributed by atoms with van der Waals surface area (Å²) in [6, 6.07) is 7.53. The van der Waals surface area contributed by atoms with Gasteiger partial charge in [-0.3, -0.25) is 4.79 Å². The lowest BCUT2D eigenvalue weighted by Gasteiger charge is -2.09. The van der Waals surface area contributed by atoms with Crippen molar-refractivity contribution in [2.75, 3.05) is 0 Å². The molecule has 0 aliphatic carbocycles. The Balaban J connectivity index is 2.93. The van der Waals surface area contributed by atoms with Crippen LogP contribution in [0.15, 0.2) is 36.9 Å². The fourth-order valence-electron chi connectivity index (χ4n) is 1.24. The van der Waals surface area contributed by atoms with Gasteiger partial charge >= 0.3 is 5.97 Å². The summed E-state index contributed by atoms with van der Waals surface area (Å²) in [6.07, 6.45) is 2.10. The molecule has 0 saturated carbocycles. The molecule has 1 rings (SSSR count). The fourth-order valence-corrected chi connectivity index (χ4v) is 1.60. The van der Waals surface area contributed by atoms with Gasteiger partial charge in [0.05, 0.1) is 5.92 Å². The monoisotopic (exact) mass is 302 g/mol. The van der Waals surface area contributed by atoms with Gasteiger partial charge in [0.15, 0.2) is 0 Å². The Kier molecular flexibility index (Phi) is 4.13. The topological polar surface area (TPSA) is 37.3 Å². The maximum absolute atomic E-state index is 10.9. The van der Waals surface area contributed by atoms with Gasteiger partial charge in [-0.05, 0) is 46.7 Å². The zero-order valence-electron chi connectivity index (χ0n) is 7.61. The van der Waals surface area contributed by atoms with Crippen LogP contribution in [0.1, 0.15) is 17.9 Å². The molecule has 0 spiro atoms. The molecule has 0 aliphatic heterocycles. The van der Waals surface area contributed by atoms with Gasteiger partial charge in [-0.2, -0.15) is 0 Å². The van der Waals surface area contributed by atoms with Crippen molar-refractivity contribution in [2.45, 2.75) is 12.3 Å². The van der Waals surface area contributed by atoms with Gasteiger partial charge in [0, 0.05) is 3.57 Å². The summed E-state index contributed by atoms with van der Waals surface area (Å²) in [5.74, 6) is -1.27. The first-order valence-corrected chi connectivity index (χ1v) is 5.32. The van der Waals surface area contributed by atoms with Crippen LogP contribution in [-0.2, 0) is 4.79 Å². The largest absolute Gasteiger partial charge is 0.481 e. The molecule has 0 heterocycles. The lowest BCUT2D eigenvalue weighted by molar-refractivity contribution is -0.138. The molecule has 0 amide bonds. The molecule has 74 valence electrons. The normalized spacial score (nSPS) is 12.1. The molecule has 1 aromatic rings. The molecule has 1 aromatic carbocycles. The van der Waals surface area contributed by atoms with Crippen molar-refractivity contribution >= 4 is 28.6 Å². The summed E-state index contributed by atoms with van der Waals surface area (Å²) in [5.41, 5.74) is 0.831. The molecule has 1 atom stereocenters. The first-order chi connectivity index (χ1) is 6.65. The third kappa shape index (κ3) is 2.83. The molecule has 1 N–H and O–H groups in total. The Labute approximate surface area is 96.8 Å². The number of carboxylic acids is 1. The molecule has 2 nitrogen and oxygen atoms in total. The van der Waals surface area contributed by atoms with Gasteiger partial charge in [-0.25, -0.2) is 0 Å². The predicted octanol–water partition coefficient (Wildman–Crippen LogP) is 3.04. The SMILES string of the molecule is C=CCC(C(=O)O)c1ccc(I)cc1. The van der Waals surface area contributed by atoms with Crippen LogP contribution in [0, 0.1) is 3.57 Å². The number of carboxylic acid groups (broad SMARTS) is 1. The Bertz CT molecular complexity index is 330. The van der Waals surface area contributed by atoms with E-state index in [0.717, 1.165) is 9.13 Å². The lowest BCUT2D eigenvalue weighted by atomic mass is 9.96. The summed E-state index contributed by atoms with van der Waals surface area (Å²) in [6.45, 7) is 3.56. The van der Waals surface area contributed by atoms with E-state index in [0.29, 0.717) is 6.42 Å². The van der Waals surface area contributed by atoms with Gasteiger partial charge in [0.25, 0.3) is 0 Å². The predicted molar refractivity (Wildman–Crippen MR) is 64.3 cm³/mol. The summed E-state index contributed by atoms with van der Waals surface area (Å²) >= 11 is 2.19. The second-order valence-corrected chi connectivity index (χ2v) is 4.21. The van der Waals surface area contributed by atoms with Crippen LogP contribution in [0.3, 0.4) is 0 Å². The van der Waals surface area contributed by atoms with Gasteiger partial charge < -0.3 is 5.11 Å². The van der Waals surface area contributed by atoms with E-state index >= 15 is 0 Å². The number of hydrogen-bond donors (Lipinski definition) is 1. The van der Waals surface area contributed by atoms with Crippen molar-refractivity contribution in [3.63, 3.8) is 0 Å². The number of benzene rings is 1. The minimum atomic E-state index is -0.800. The second kappa shape index (κ2) is 5.14. The maximum Gasteiger partial charge on any atom is 0.311 e. The average Bonchev–Trinajstić information content (AvgIpc) is 2.15. The number of rotatable bonds is 4. The van der Waals surface area contributed by atoms with Crippen LogP contribution in [0.4, 0.5) is 0 Å². The maximum atomic E-state index is 10.9. The Hall–Kier alpha value is -0.840. The third-order valence-electron chi connectivity index (χ3n) is 1.97. The van der Waals surface area contributed by atoms with Crippen LogP contribution >= 0.6 is 22.6 Å². The minimum Gasteiger partial charge on any atom is -0.481 e. The molecular formula is C11H11IO2. The Morgan fingerprint density at radius 1 is 1.50 bits per heavy atom. The number of carbonyl (C=O) groups is 1. The summed E-state index contributed by atoms with van der Waals surface area (Å²) in [5, 5.41) is 8.98. The molecule has 14 heavy (non-hydrogen) atoms. The van der Waals surface area contributed by atoms with E-state index in [1.807, 2.05) is 24.3 Å². The van der Waals surface area contributed by atoms with Crippen LogP contribution in [0.5, 0.6) is 0 Å². The van der Waals surface area contributed by atoms with Crippen molar-refractivity contribution < 1.29 is 9.90 Å². The van der Waals surface area contributed by atoms with E-state index in [2.05, 4.69) is 29.2 Å². The minimum absolute atomic E-state index is 0.468. The molecule has 0 radical (unpaired) electrons. The van der Waals surface area contributed by atoms with E-state index in [1.54, 1.807) is 6.08 Å². The summed E-state index contributed by atoms with van der Waals surface area (Å²) in [7, 11) is 0. The third-order valence-corrected chi connectivity index (χ3v) is 2.69. The van der Waals surface area contributed by atoms with Gasteiger partial charge in [-0.15, -0.1) is 6.58 Å². The van der Waals surface area contributed by atoms with E-state index in [4.69, 9.17) is 5.11 Å². The van der Waals surface area contributed by atoms with Crippen molar-refractivity contribution in [1.29, 1.82) is 0 Å². The molecule has 0 fully saturated rings. The fraction of sp³-hybridized carbons (Fsp3) is 0.182. The molecule has 0 aromatic heterocycles. The Morgan fingerprint density at radius 3 is 2.50 bits per heavy atom. The van der Waals surface area contributed by atoms with Crippen molar-refractivity contribution in [2.24, 2.45) is 0 Å². The van der Waals surface area contributed by atoms with E-state index in [-0.39, 0.29) is 0 Å². The van der Waals surface area contributed by atoms with Crippen molar-refractivity contribution in [3.8, 4) is 0 Å². The highest BCUT2D eigenvalue weighted by atomic mass is 127. The van der Waals surface area contributed by atoms with Gasteiger partial charge in [0.1, 0.15) is 0 Å². The zero-order valence-corrected chi connectivity index (χ0v) is 9.77. The molecule has 1 unspecified atom stereocenters. The summed E-state index contributed by atoms with van der Waals surface area (Å²) in [4.78, 5) is 10.9. The number of halogens is 1. The molecule has 0 saturated heterocycles. The molecule has 0 aliphatic rings.